The van der Waals surface area contributed by atoms with Crippen LogP contribution in [-0.4, -0.2) is 16.4 Å². The molecule has 0 spiro atoms. The Bertz CT molecular complexity index is 779. The normalized spacial score (nSPS) is 11.2. The van der Waals surface area contributed by atoms with Gasteiger partial charge in [-0.3, -0.25) is 10.4 Å². The highest BCUT2D eigenvalue weighted by Gasteiger charge is 2.31. The molecule has 0 radical (unpaired) electrons. The fourth-order valence-electron chi connectivity index (χ4n) is 1.80. The molecule has 0 aliphatic rings. The van der Waals surface area contributed by atoms with Crippen LogP contribution in [0.2, 0.25) is 5.02 Å². The van der Waals surface area contributed by atoms with Crippen molar-refractivity contribution < 1.29 is 38.2 Å². The topological polar surface area (TPSA) is 93.1 Å². The molecule has 24 heavy (non-hydrogen) atoms. The van der Waals surface area contributed by atoms with E-state index in [4.69, 9.17) is 26.8 Å². The summed E-state index contributed by atoms with van der Waals surface area (Å²) in [5.41, 5.74) is -2.07. The monoisotopic (exact) mass is 362 g/mol. The molecule has 2 aromatic rings. The molecule has 2 aromatic carbocycles. The molecular weight excluding hydrogens is 355 g/mol. The SMILES string of the molecule is O=C([O-])c1cc(Oc2ccc(C(F)(F)F)cc2Cl)ccc1N(O)O. The summed E-state index contributed by atoms with van der Waals surface area (Å²) in [5.74, 6) is -1.98. The number of ether oxygens (including phenoxy) is 1. The van der Waals surface area contributed by atoms with E-state index in [1.807, 2.05) is 0 Å². The molecule has 2 rings (SSSR count). The van der Waals surface area contributed by atoms with Crippen LogP contribution in [0.4, 0.5) is 18.9 Å². The Morgan fingerprint density at radius 2 is 1.83 bits per heavy atom. The number of alkyl halides is 3. The maximum Gasteiger partial charge on any atom is 0.416 e. The van der Waals surface area contributed by atoms with Gasteiger partial charge in [-0.05, 0) is 36.4 Å². The van der Waals surface area contributed by atoms with Crippen LogP contribution in [0, 0.1) is 0 Å². The number of carboxylic acids is 1. The van der Waals surface area contributed by atoms with Gasteiger partial charge in [0.25, 0.3) is 0 Å². The molecule has 0 amide bonds. The van der Waals surface area contributed by atoms with Gasteiger partial charge in [0.1, 0.15) is 17.2 Å². The minimum atomic E-state index is -4.57. The van der Waals surface area contributed by atoms with Crippen LogP contribution in [0.5, 0.6) is 11.5 Å². The number of hydrogen-bond acceptors (Lipinski definition) is 6. The fraction of sp³-hybridized carbons (Fsp3) is 0.0714. The third kappa shape index (κ3) is 3.88. The van der Waals surface area contributed by atoms with Gasteiger partial charge in [0.15, 0.2) is 0 Å². The summed E-state index contributed by atoms with van der Waals surface area (Å²) in [4.78, 5) is 11.0. The van der Waals surface area contributed by atoms with Gasteiger partial charge in [0, 0.05) is 5.56 Å². The number of carbonyl (C=O) groups excluding carboxylic acids is 1. The van der Waals surface area contributed by atoms with E-state index >= 15 is 0 Å². The number of benzene rings is 2. The maximum absolute atomic E-state index is 12.6. The lowest BCUT2D eigenvalue weighted by Gasteiger charge is -2.16. The molecule has 0 aliphatic carbocycles. The highest BCUT2D eigenvalue weighted by molar-refractivity contribution is 6.32. The van der Waals surface area contributed by atoms with Gasteiger partial charge < -0.3 is 14.6 Å². The maximum atomic E-state index is 12.6. The average molecular weight is 363 g/mol. The molecule has 0 fully saturated rings. The third-order valence-electron chi connectivity index (χ3n) is 2.89. The van der Waals surface area contributed by atoms with Gasteiger partial charge in [-0.15, -0.1) is 5.23 Å². The number of carboxylic acid groups (broad SMARTS) is 1. The third-order valence-corrected chi connectivity index (χ3v) is 3.19. The van der Waals surface area contributed by atoms with Gasteiger partial charge in [-0.1, -0.05) is 11.6 Å². The molecule has 6 nitrogen and oxygen atoms in total. The molecule has 2 N–H and O–H groups in total. The van der Waals surface area contributed by atoms with E-state index in [2.05, 4.69) is 0 Å². The smallest absolute Gasteiger partial charge is 0.416 e. The second-order valence-electron chi connectivity index (χ2n) is 4.50. The van der Waals surface area contributed by atoms with Crippen LogP contribution in [0.3, 0.4) is 0 Å². The second kappa shape index (κ2) is 6.56. The molecule has 128 valence electrons. The van der Waals surface area contributed by atoms with Crippen molar-refractivity contribution in [3.05, 3.63) is 52.5 Å². The van der Waals surface area contributed by atoms with Crippen LogP contribution in [0.25, 0.3) is 0 Å². The summed E-state index contributed by atoms with van der Waals surface area (Å²) in [5, 5.41) is 28.1. The number of carbonyl (C=O) groups is 1. The lowest BCUT2D eigenvalue weighted by molar-refractivity contribution is -0.255. The average Bonchev–Trinajstić information content (AvgIpc) is 2.47. The molecular formula is C14H8ClF3NO5-. The van der Waals surface area contributed by atoms with Crippen molar-refractivity contribution in [2.75, 3.05) is 5.23 Å². The van der Waals surface area contributed by atoms with Gasteiger partial charge in [0.05, 0.1) is 16.6 Å². The molecule has 10 heteroatoms. The summed E-state index contributed by atoms with van der Waals surface area (Å²) in [7, 11) is 0. The first-order valence-corrected chi connectivity index (χ1v) is 6.55. The van der Waals surface area contributed by atoms with E-state index in [9.17, 15) is 23.1 Å². The van der Waals surface area contributed by atoms with Crippen LogP contribution < -0.4 is 15.1 Å². The first kappa shape index (κ1) is 17.9. The van der Waals surface area contributed by atoms with Crippen molar-refractivity contribution in [2.45, 2.75) is 6.18 Å². The van der Waals surface area contributed by atoms with Crippen molar-refractivity contribution in [1.82, 2.24) is 0 Å². The van der Waals surface area contributed by atoms with Crippen molar-refractivity contribution in [3.8, 4) is 11.5 Å². The molecule has 0 heterocycles. The highest BCUT2D eigenvalue weighted by Crippen LogP contribution is 2.37. The number of nitrogens with zero attached hydrogens (tertiary/aromatic N) is 1. The first-order valence-electron chi connectivity index (χ1n) is 6.17. The standard InChI is InChI=1S/C14H9ClF3NO5/c15-10-5-7(14(16,17)18)1-4-12(10)24-8-2-3-11(19(22)23)9(6-8)13(20)21/h1-6,22-23H,(H,20,21)/p-1. The van der Waals surface area contributed by atoms with E-state index < -0.39 is 34.2 Å². The Kier molecular flexibility index (Phi) is 4.88. The molecule has 0 aromatic heterocycles. The second-order valence-corrected chi connectivity index (χ2v) is 4.91. The minimum absolute atomic E-state index is 0.110. The lowest BCUT2D eigenvalue weighted by atomic mass is 10.1. The summed E-state index contributed by atoms with van der Waals surface area (Å²) in [6.45, 7) is 0. The summed E-state index contributed by atoms with van der Waals surface area (Å²) < 4.78 is 42.9. The van der Waals surface area contributed by atoms with Crippen molar-refractivity contribution >= 4 is 23.3 Å². The first-order chi connectivity index (χ1) is 11.1. The van der Waals surface area contributed by atoms with Gasteiger partial charge in [0.2, 0.25) is 0 Å². The Balaban J connectivity index is 2.35. The summed E-state index contributed by atoms with van der Waals surface area (Å²) >= 11 is 5.73. The van der Waals surface area contributed by atoms with Crippen molar-refractivity contribution in [1.29, 1.82) is 0 Å². The summed E-state index contributed by atoms with van der Waals surface area (Å²) in [6, 6.07) is 5.44. The molecule has 0 unspecified atom stereocenters. The Morgan fingerprint density at radius 3 is 2.33 bits per heavy atom. The predicted molar refractivity (Wildman–Crippen MR) is 73.4 cm³/mol. The fourth-order valence-corrected chi connectivity index (χ4v) is 2.02. The van der Waals surface area contributed by atoms with Gasteiger partial charge in [-0.25, -0.2) is 0 Å². The Labute approximate surface area is 137 Å². The Morgan fingerprint density at radius 1 is 1.17 bits per heavy atom. The van der Waals surface area contributed by atoms with Gasteiger partial charge in [-0.2, -0.15) is 13.2 Å². The van der Waals surface area contributed by atoms with Gasteiger partial charge >= 0.3 is 6.18 Å². The van der Waals surface area contributed by atoms with Crippen LogP contribution in [-0.2, 0) is 6.18 Å². The quantitative estimate of drug-likeness (QED) is 0.812. The van der Waals surface area contributed by atoms with E-state index in [0.29, 0.717) is 6.07 Å². The number of halogens is 4. The largest absolute Gasteiger partial charge is 0.545 e. The Hall–Kier alpha value is -2.49. The van der Waals surface area contributed by atoms with Crippen LogP contribution >= 0.6 is 11.6 Å². The zero-order valence-corrected chi connectivity index (χ0v) is 12.3. The zero-order chi connectivity index (χ0) is 18.1. The number of hydrogen-bond donors (Lipinski definition) is 2. The minimum Gasteiger partial charge on any atom is -0.545 e. The van der Waals surface area contributed by atoms with E-state index in [1.165, 1.54) is 0 Å². The molecule has 0 saturated heterocycles. The molecule has 0 bridgehead atoms. The molecule has 0 aliphatic heterocycles. The number of anilines is 1. The number of aromatic carboxylic acids is 1. The number of rotatable bonds is 4. The van der Waals surface area contributed by atoms with Crippen LogP contribution in [0.1, 0.15) is 15.9 Å². The van der Waals surface area contributed by atoms with E-state index in [-0.39, 0.29) is 16.5 Å². The highest BCUT2D eigenvalue weighted by atomic mass is 35.5. The predicted octanol–water partition coefficient (Wildman–Crippen LogP) is 3.10. The van der Waals surface area contributed by atoms with Crippen LogP contribution in [0.15, 0.2) is 36.4 Å². The van der Waals surface area contributed by atoms with E-state index in [0.717, 1.165) is 30.3 Å². The molecule has 0 atom stereocenters. The lowest BCUT2D eigenvalue weighted by Crippen LogP contribution is -2.25. The zero-order valence-electron chi connectivity index (χ0n) is 11.5. The van der Waals surface area contributed by atoms with Crippen molar-refractivity contribution in [2.24, 2.45) is 0 Å². The molecule has 0 saturated carbocycles. The van der Waals surface area contributed by atoms with E-state index in [1.54, 1.807) is 0 Å². The van der Waals surface area contributed by atoms with Crippen molar-refractivity contribution in [3.63, 3.8) is 0 Å². The summed E-state index contributed by atoms with van der Waals surface area (Å²) in [6.07, 6.45) is -4.57.